The lowest BCUT2D eigenvalue weighted by Gasteiger charge is -2.32. The van der Waals surface area contributed by atoms with Crippen molar-refractivity contribution in [2.45, 2.75) is 38.9 Å². The molecule has 0 atom stereocenters. The van der Waals surface area contributed by atoms with E-state index in [2.05, 4.69) is 16.8 Å². The van der Waals surface area contributed by atoms with Gasteiger partial charge in [0.25, 0.3) is 0 Å². The molecule has 27 heavy (non-hydrogen) atoms. The first kappa shape index (κ1) is 20.9. The number of hydrogen-bond acceptors (Lipinski definition) is 5. The number of halogens is 2. The van der Waals surface area contributed by atoms with Gasteiger partial charge in [-0.3, -0.25) is 4.90 Å². The van der Waals surface area contributed by atoms with Crippen LogP contribution in [0.1, 0.15) is 27.7 Å². The van der Waals surface area contributed by atoms with E-state index in [0.717, 1.165) is 32.7 Å². The van der Waals surface area contributed by atoms with Gasteiger partial charge in [-0.1, -0.05) is 17.7 Å². The van der Waals surface area contributed by atoms with Crippen LogP contribution in [0.3, 0.4) is 0 Å². The molecule has 2 aliphatic heterocycles. The van der Waals surface area contributed by atoms with Crippen LogP contribution in [0.5, 0.6) is 5.75 Å². The van der Waals surface area contributed by atoms with Gasteiger partial charge >= 0.3 is 7.12 Å². The molecule has 8 heteroatoms. The summed E-state index contributed by atoms with van der Waals surface area (Å²) in [5.74, 6) is -0.198. The van der Waals surface area contributed by atoms with Crippen molar-refractivity contribution >= 4 is 24.2 Å². The summed E-state index contributed by atoms with van der Waals surface area (Å²) >= 11 is 6.23. The lowest BCUT2D eigenvalue weighted by atomic mass is 9.78. The minimum Gasteiger partial charge on any atom is -0.491 e. The predicted molar refractivity (Wildman–Crippen MR) is 107 cm³/mol. The summed E-state index contributed by atoms with van der Waals surface area (Å²) in [7, 11) is 1.34. The molecule has 2 aliphatic rings. The molecule has 150 valence electrons. The predicted octanol–water partition coefficient (Wildman–Crippen LogP) is 2.40. The molecule has 1 aromatic carbocycles. The smallest absolute Gasteiger partial charge is 0.491 e. The Morgan fingerprint density at radius 3 is 2.30 bits per heavy atom. The molecular formula is C19H29BClFN2O3. The maximum absolute atomic E-state index is 14.9. The fraction of sp³-hybridized carbons (Fsp3) is 0.684. The van der Waals surface area contributed by atoms with Crippen LogP contribution in [-0.4, -0.2) is 74.5 Å². The van der Waals surface area contributed by atoms with Gasteiger partial charge in [-0.2, -0.15) is 0 Å². The molecule has 0 aromatic heterocycles. The Hall–Kier alpha value is -0.855. The molecule has 0 unspecified atom stereocenters. The van der Waals surface area contributed by atoms with Crippen molar-refractivity contribution in [3.63, 3.8) is 0 Å². The van der Waals surface area contributed by atoms with Gasteiger partial charge in [0, 0.05) is 38.2 Å². The Morgan fingerprint density at radius 2 is 1.70 bits per heavy atom. The molecule has 2 heterocycles. The third-order valence-corrected chi connectivity index (χ3v) is 6.20. The molecular weight excluding hydrogens is 369 g/mol. The summed E-state index contributed by atoms with van der Waals surface area (Å²) in [6, 6.07) is 3.32. The lowest BCUT2D eigenvalue weighted by Crippen LogP contribution is -2.45. The molecule has 0 amide bonds. The van der Waals surface area contributed by atoms with Crippen LogP contribution in [0.15, 0.2) is 12.1 Å². The van der Waals surface area contributed by atoms with Crippen molar-refractivity contribution in [3.05, 3.63) is 23.0 Å². The highest BCUT2D eigenvalue weighted by Crippen LogP contribution is 2.37. The van der Waals surface area contributed by atoms with Crippen LogP contribution in [-0.2, 0) is 9.31 Å². The highest BCUT2D eigenvalue weighted by Gasteiger charge is 2.52. The number of benzene rings is 1. The van der Waals surface area contributed by atoms with Crippen LogP contribution in [0.25, 0.3) is 0 Å². The van der Waals surface area contributed by atoms with Crippen molar-refractivity contribution in [3.8, 4) is 5.75 Å². The molecule has 0 spiro atoms. The van der Waals surface area contributed by atoms with E-state index in [1.54, 1.807) is 12.1 Å². The third kappa shape index (κ3) is 4.43. The Balaban J connectivity index is 1.62. The monoisotopic (exact) mass is 398 g/mol. The highest BCUT2D eigenvalue weighted by atomic mass is 35.5. The first-order chi connectivity index (χ1) is 12.6. The van der Waals surface area contributed by atoms with Crippen molar-refractivity contribution < 1.29 is 18.4 Å². The quantitative estimate of drug-likeness (QED) is 0.712. The second-order valence-electron chi connectivity index (χ2n) is 8.36. The van der Waals surface area contributed by atoms with E-state index in [4.69, 9.17) is 25.6 Å². The average molecular weight is 399 g/mol. The van der Waals surface area contributed by atoms with Gasteiger partial charge in [0.1, 0.15) is 23.2 Å². The van der Waals surface area contributed by atoms with E-state index < -0.39 is 24.1 Å². The molecule has 0 radical (unpaired) electrons. The molecule has 0 bridgehead atoms. The van der Waals surface area contributed by atoms with E-state index in [9.17, 15) is 4.39 Å². The fourth-order valence-electron chi connectivity index (χ4n) is 3.17. The third-order valence-electron chi connectivity index (χ3n) is 5.84. The maximum Gasteiger partial charge on any atom is 0.497 e. The Kier molecular flexibility index (Phi) is 6.09. The van der Waals surface area contributed by atoms with Crippen LogP contribution < -0.4 is 10.2 Å². The molecule has 2 saturated heterocycles. The number of ether oxygens (including phenoxy) is 1. The second-order valence-corrected chi connectivity index (χ2v) is 8.74. The highest BCUT2D eigenvalue weighted by molar-refractivity contribution is 6.62. The van der Waals surface area contributed by atoms with Gasteiger partial charge in [0.15, 0.2) is 0 Å². The Bertz CT molecular complexity index is 665. The van der Waals surface area contributed by atoms with Gasteiger partial charge in [-0.25, -0.2) is 4.39 Å². The maximum atomic E-state index is 14.9. The Morgan fingerprint density at radius 1 is 1.11 bits per heavy atom. The van der Waals surface area contributed by atoms with Crippen LogP contribution in [0.2, 0.25) is 5.02 Å². The molecule has 1 aromatic rings. The van der Waals surface area contributed by atoms with Crippen LogP contribution in [0, 0.1) is 5.82 Å². The second kappa shape index (κ2) is 7.87. The first-order valence-corrected chi connectivity index (χ1v) is 9.86. The van der Waals surface area contributed by atoms with Crippen molar-refractivity contribution in [2.24, 2.45) is 0 Å². The standard InChI is InChI=1S/C19H29BClFN2O3/c1-18(2)19(3,4)27-20(26-18)14-6-7-15(16(21)17(14)22)25-13-12-24-10-8-23(5)9-11-24/h6-7H,8-13H2,1-5H3. The van der Waals surface area contributed by atoms with E-state index >= 15 is 0 Å². The van der Waals surface area contributed by atoms with Gasteiger partial charge in [0.2, 0.25) is 0 Å². The summed E-state index contributed by atoms with van der Waals surface area (Å²) in [5, 5.41) is -0.0272. The molecule has 5 nitrogen and oxygen atoms in total. The normalized spacial score (nSPS) is 23.0. The van der Waals surface area contributed by atoms with E-state index in [1.807, 2.05) is 27.7 Å². The fourth-order valence-corrected chi connectivity index (χ4v) is 3.39. The Labute approximate surface area is 166 Å². The number of hydrogen-bond donors (Lipinski definition) is 0. The number of nitrogens with zero attached hydrogens (tertiary/aromatic N) is 2. The first-order valence-electron chi connectivity index (χ1n) is 9.48. The molecule has 2 fully saturated rings. The van der Waals surface area contributed by atoms with Crippen LogP contribution in [0.4, 0.5) is 4.39 Å². The zero-order valence-corrected chi connectivity index (χ0v) is 17.6. The lowest BCUT2D eigenvalue weighted by molar-refractivity contribution is 0.00578. The zero-order chi connectivity index (χ0) is 19.8. The minimum atomic E-state index is -0.785. The molecule has 0 N–H and O–H groups in total. The van der Waals surface area contributed by atoms with E-state index in [0.29, 0.717) is 17.8 Å². The van der Waals surface area contributed by atoms with Crippen molar-refractivity contribution in [1.29, 1.82) is 0 Å². The number of piperazine rings is 1. The minimum absolute atomic E-state index is 0.0272. The SMILES string of the molecule is CN1CCN(CCOc2ccc(B3OC(C)(C)C(C)(C)O3)c(F)c2Cl)CC1. The zero-order valence-electron chi connectivity index (χ0n) is 16.8. The van der Waals surface area contributed by atoms with Crippen molar-refractivity contribution in [1.82, 2.24) is 9.80 Å². The van der Waals surface area contributed by atoms with Gasteiger partial charge in [0.05, 0.1) is 11.2 Å². The van der Waals surface area contributed by atoms with Crippen molar-refractivity contribution in [2.75, 3.05) is 46.4 Å². The molecule has 3 rings (SSSR count). The molecule has 0 saturated carbocycles. The number of likely N-dealkylation sites (N-methyl/N-ethyl adjacent to an activating group) is 1. The van der Waals surface area contributed by atoms with Gasteiger partial charge in [-0.05, 0) is 40.8 Å². The van der Waals surface area contributed by atoms with Gasteiger partial charge in [-0.15, -0.1) is 0 Å². The van der Waals surface area contributed by atoms with E-state index in [1.165, 1.54) is 0 Å². The van der Waals surface area contributed by atoms with Gasteiger partial charge < -0.3 is 18.9 Å². The largest absolute Gasteiger partial charge is 0.497 e. The van der Waals surface area contributed by atoms with Crippen LogP contribution >= 0.6 is 11.6 Å². The summed E-state index contributed by atoms with van der Waals surface area (Å²) < 4.78 is 32.4. The topological polar surface area (TPSA) is 34.2 Å². The van der Waals surface area contributed by atoms with E-state index in [-0.39, 0.29) is 5.02 Å². The summed E-state index contributed by atoms with van der Waals surface area (Å²) in [4.78, 5) is 4.64. The average Bonchev–Trinajstić information content (AvgIpc) is 2.81. The summed E-state index contributed by atoms with van der Waals surface area (Å²) in [6.07, 6.45) is 0. The molecule has 0 aliphatic carbocycles. The summed E-state index contributed by atoms with van der Waals surface area (Å²) in [6.45, 7) is 13.1. The summed E-state index contributed by atoms with van der Waals surface area (Å²) in [5.41, 5.74) is -0.771. The number of rotatable bonds is 5.